The summed E-state index contributed by atoms with van der Waals surface area (Å²) < 4.78 is 5.30. The average Bonchev–Trinajstić information content (AvgIpc) is 2.44. The van der Waals surface area contributed by atoms with Crippen LogP contribution in [0.5, 0.6) is 0 Å². The highest BCUT2D eigenvalue weighted by atomic mass is 16.3. The summed E-state index contributed by atoms with van der Waals surface area (Å²) in [6.45, 7) is 4.20. The van der Waals surface area contributed by atoms with E-state index in [4.69, 9.17) is 4.42 Å². The summed E-state index contributed by atoms with van der Waals surface area (Å²) in [5, 5.41) is 0.782. The first kappa shape index (κ1) is 8.02. The SMILES string of the molecule is CC(C)C1=c2ocnc2=CN=C=C1. The van der Waals surface area contributed by atoms with Crippen molar-refractivity contribution in [3.05, 3.63) is 23.2 Å². The van der Waals surface area contributed by atoms with Gasteiger partial charge in [0.05, 0.1) is 6.20 Å². The molecule has 1 aliphatic rings. The third-order valence-electron chi connectivity index (χ3n) is 1.96. The first-order valence-corrected chi connectivity index (χ1v) is 4.21. The number of allylic oxidation sites excluding steroid dienone is 1. The fraction of sp³-hybridized carbons (Fsp3) is 0.300. The van der Waals surface area contributed by atoms with Gasteiger partial charge in [0.15, 0.2) is 11.8 Å². The average molecular weight is 174 g/mol. The third kappa shape index (κ3) is 1.34. The molecule has 0 amide bonds. The maximum atomic E-state index is 5.30. The number of aliphatic imine (C=N–C) groups is 1. The zero-order chi connectivity index (χ0) is 9.26. The highest BCUT2D eigenvalue weighted by Gasteiger charge is 2.05. The molecule has 0 bridgehead atoms. The Labute approximate surface area is 75.8 Å². The van der Waals surface area contributed by atoms with Crippen LogP contribution in [0.15, 0.2) is 21.9 Å². The minimum atomic E-state index is 0.390. The van der Waals surface area contributed by atoms with E-state index in [9.17, 15) is 0 Å². The number of hydrogen-bond acceptors (Lipinski definition) is 3. The van der Waals surface area contributed by atoms with Gasteiger partial charge in [-0.1, -0.05) is 13.8 Å². The van der Waals surface area contributed by atoms with Crippen molar-refractivity contribution in [3.63, 3.8) is 0 Å². The van der Waals surface area contributed by atoms with Gasteiger partial charge in [-0.2, -0.15) is 0 Å². The van der Waals surface area contributed by atoms with Gasteiger partial charge in [0.1, 0.15) is 5.35 Å². The molecule has 13 heavy (non-hydrogen) atoms. The highest BCUT2D eigenvalue weighted by molar-refractivity contribution is 5.74. The van der Waals surface area contributed by atoms with Crippen molar-refractivity contribution in [2.45, 2.75) is 13.8 Å². The lowest BCUT2D eigenvalue weighted by Crippen LogP contribution is -2.25. The second kappa shape index (κ2) is 3.04. The maximum absolute atomic E-state index is 5.30. The first-order valence-electron chi connectivity index (χ1n) is 4.21. The molecule has 1 aromatic heterocycles. The molecule has 1 aromatic rings. The molecule has 0 unspecified atom stereocenters. The van der Waals surface area contributed by atoms with Crippen LogP contribution in [-0.4, -0.2) is 10.9 Å². The van der Waals surface area contributed by atoms with Crippen molar-refractivity contribution in [2.75, 3.05) is 0 Å². The van der Waals surface area contributed by atoms with E-state index in [1.165, 1.54) is 6.39 Å². The van der Waals surface area contributed by atoms with Crippen LogP contribution in [0.3, 0.4) is 0 Å². The monoisotopic (exact) mass is 174 g/mol. The molecular formula is C10H10N2O. The molecule has 0 radical (unpaired) electrons. The van der Waals surface area contributed by atoms with E-state index >= 15 is 0 Å². The first-order chi connectivity index (χ1) is 6.29. The summed E-state index contributed by atoms with van der Waals surface area (Å²) in [6.07, 6.45) is 4.95. The Morgan fingerprint density at radius 1 is 1.46 bits per heavy atom. The van der Waals surface area contributed by atoms with E-state index in [1.807, 2.05) is 6.08 Å². The van der Waals surface area contributed by atoms with Crippen LogP contribution in [-0.2, 0) is 0 Å². The van der Waals surface area contributed by atoms with Crippen molar-refractivity contribution in [1.82, 2.24) is 4.98 Å². The van der Waals surface area contributed by atoms with Crippen LogP contribution in [0.4, 0.5) is 0 Å². The van der Waals surface area contributed by atoms with Crippen molar-refractivity contribution < 1.29 is 4.42 Å². The molecule has 66 valence electrons. The predicted molar refractivity (Wildman–Crippen MR) is 50.5 cm³/mol. The van der Waals surface area contributed by atoms with Gasteiger partial charge < -0.3 is 4.42 Å². The van der Waals surface area contributed by atoms with Crippen LogP contribution in [0.2, 0.25) is 0 Å². The Bertz CT molecular complexity index is 487. The van der Waals surface area contributed by atoms with Crippen molar-refractivity contribution >= 4 is 17.6 Å². The molecule has 1 aliphatic heterocycles. The summed E-state index contributed by atoms with van der Waals surface area (Å²) in [5.41, 5.74) is 1.90. The molecule has 3 heteroatoms. The lowest BCUT2D eigenvalue weighted by atomic mass is 10.0. The van der Waals surface area contributed by atoms with Gasteiger partial charge in [-0.25, -0.2) is 9.98 Å². The second-order valence-corrected chi connectivity index (χ2v) is 3.21. The van der Waals surface area contributed by atoms with Gasteiger partial charge >= 0.3 is 0 Å². The van der Waals surface area contributed by atoms with E-state index in [1.54, 1.807) is 6.20 Å². The van der Waals surface area contributed by atoms with Gasteiger partial charge in [0, 0.05) is 11.6 Å². The molecule has 3 nitrogen and oxygen atoms in total. The van der Waals surface area contributed by atoms with Crippen molar-refractivity contribution in [1.29, 1.82) is 0 Å². The minimum Gasteiger partial charge on any atom is -0.443 e. The second-order valence-electron chi connectivity index (χ2n) is 3.21. The fourth-order valence-electron chi connectivity index (χ4n) is 1.26. The fourth-order valence-corrected chi connectivity index (χ4v) is 1.26. The van der Waals surface area contributed by atoms with Gasteiger partial charge in [0.25, 0.3) is 0 Å². The van der Waals surface area contributed by atoms with Crippen LogP contribution >= 0.6 is 0 Å². The molecule has 0 saturated carbocycles. The topological polar surface area (TPSA) is 38.4 Å². The highest BCUT2D eigenvalue weighted by Crippen LogP contribution is 2.08. The summed E-state index contributed by atoms with van der Waals surface area (Å²) in [5.74, 6) is 3.21. The minimum absolute atomic E-state index is 0.390. The zero-order valence-corrected chi connectivity index (χ0v) is 7.61. The lowest BCUT2D eigenvalue weighted by Gasteiger charge is -2.00. The van der Waals surface area contributed by atoms with Crippen molar-refractivity contribution in [2.24, 2.45) is 10.9 Å². The van der Waals surface area contributed by atoms with Gasteiger partial charge in [0.2, 0.25) is 0 Å². The molecule has 0 aliphatic carbocycles. The van der Waals surface area contributed by atoms with E-state index in [2.05, 4.69) is 29.7 Å². The largest absolute Gasteiger partial charge is 0.443 e. The van der Waals surface area contributed by atoms with E-state index in [-0.39, 0.29) is 0 Å². The Balaban J connectivity index is 2.85. The maximum Gasteiger partial charge on any atom is 0.182 e. The van der Waals surface area contributed by atoms with Crippen LogP contribution in [0.1, 0.15) is 13.8 Å². The number of rotatable bonds is 1. The summed E-state index contributed by atoms with van der Waals surface area (Å²) in [7, 11) is 0. The quantitative estimate of drug-likeness (QED) is 0.620. The van der Waals surface area contributed by atoms with Crippen LogP contribution in [0, 0.1) is 5.92 Å². The standard InChI is InChI=1S/C10H10N2O/c1-7(2)8-3-4-11-5-9-10(8)13-6-12-9/h3,5-7H,1-2H3. The van der Waals surface area contributed by atoms with E-state index < -0.39 is 0 Å². The number of oxazole rings is 1. The Morgan fingerprint density at radius 2 is 2.31 bits per heavy atom. The Hall–Kier alpha value is -1.60. The zero-order valence-electron chi connectivity index (χ0n) is 7.61. The molecular weight excluding hydrogens is 164 g/mol. The predicted octanol–water partition coefficient (Wildman–Crippen LogP) is 0.459. The van der Waals surface area contributed by atoms with Gasteiger partial charge in [-0.3, -0.25) is 0 Å². The molecule has 2 heterocycles. The molecule has 2 rings (SSSR count). The van der Waals surface area contributed by atoms with Crippen LogP contribution in [0.25, 0.3) is 11.8 Å². The Morgan fingerprint density at radius 3 is 3.08 bits per heavy atom. The third-order valence-corrected chi connectivity index (χ3v) is 1.96. The number of hydrogen-bond donors (Lipinski definition) is 0. The molecule has 0 spiro atoms. The summed E-state index contributed by atoms with van der Waals surface area (Å²) in [4.78, 5) is 8.00. The van der Waals surface area contributed by atoms with Gasteiger partial charge in [-0.05, 0) is 11.8 Å². The molecule has 0 atom stereocenters. The van der Waals surface area contributed by atoms with E-state index in [0.717, 1.165) is 16.3 Å². The smallest absolute Gasteiger partial charge is 0.182 e. The van der Waals surface area contributed by atoms with Gasteiger partial charge in [-0.15, -0.1) is 0 Å². The summed E-state index contributed by atoms with van der Waals surface area (Å²) >= 11 is 0. The normalized spacial score (nSPS) is 14.2. The molecule has 0 N–H and O–H groups in total. The van der Waals surface area contributed by atoms with Crippen molar-refractivity contribution in [3.8, 4) is 0 Å². The summed E-state index contributed by atoms with van der Waals surface area (Å²) in [6, 6.07) is 0. The lowest BCUT2D eigenvalue weighted by molar-refractivity contribution is 0.518. The molecule has 0 fully saturated rings. The van der Waals surface area contributed by atoms with E-state index in [0.29, 0.717) is 5.92 Å². The molecule has 0 saturated heterocycles. The number of aromatic nitrogens is 1. The number of fused-ring (bicyclic) bond motifs is 1. The Kier molecular flexibility index (Phi) is 1.87. The molecule has 0 aromatic carbocycles. The van der Waals surface area contributed by atoms with Crippen LogP contribution < -0.4 is 10.8 Å². The number of nitrogens with zero attached hydrogens (tertiary/aromatic N) is 2.